The van der Waals surface area contributed by atoms with E-state index in [1.54, 1.807) is 6.07 Å². The highest BCUT2D eigenvalue weighted by Crippen LogP contribution is 2.33. The second kappa shape index (κ2) is 6.22. The molecule has 110 valence electrons. The van der Waals surface area contributed by atoms with Crippen molar-refractivity contribution in [2.75, 3.05) is 5.75 Å². The molecule has 0 radical (unpaired) electrons. The van der Waals surface area contributed by atoms with Crippen LogP contribution in [0.4, 0.5) is 0 Å². The van der Waals surface area contributed by atoms with Crippen molar-refractivity contribution in [2.45, 2.75) is 38.2 Å². The van der Waals surface area contributed by atoms with Crippen LogP contribution in [0.1, 0.15) is 30.8 Å². The van der Waals surface area contributed by atoms with E-state index in [1.807, 2.05) is 24.6 Å². The van der Waals surface area contributed by atoms with Gasteiger partial charge in [-0.05, 0) is 35.3 Å². The molecule has 0 aromatic carbocycles. The van der Waals surface area contributed by atoms with Gasteiger partial charge in [0.15, 0.2) is 0 Å². The van der Waals surface area contributed by atoms with Gasteiger partial charge in [0, 0.05) is 23.0 Å². The second-order valence-electron chi connectivity index (χ2n) is 4.59. The molecule has 2 heterocycles. The van der Waals surface area contributed by atoms with Gasteiger partial charge in [0.2, 0.25) is 0 Å². The van der Waals surface area contributed by atoms with Gasteiger partial charge >= 0.3 is 5.97 Å². The molecule has 0 saturated carbocycles. The molecule has 2 rings (SSSR count). The lowest BCUT2D eigenvalue weighted by atomic mass is 10.2. The van der Waals surface area contributed by atoms with Gasteiger partial charge in [-0.2, -0.15) is 0 Å². The van der Waals surface area contributed by atoms with Crippen LogP contribution in [0, 0.1) is 0 Å². The molecule has 1 N–H and O–H groups in total. The minimum Gasteiger partial charge on any atom is -0.480 e. The number of nitrogens with zero attached hydrogens (tertiary/aromatic N) is 2. The number of thioether (sulfide) groups is 1. The number of carbonyl (C=O) groups excluding carboxylic acids is 1. The third kappa shape index (κ3) is 2.74. The van der Waals surface area contributed by atoms with E-state index < -0.39 is 12.0 Å². The van der Waals surface area contributed by atoms with E-state index in [9.17, 15) is 14.7 Å². The van der Waals surface area contributed by atoms with E-state index in [-0.39, 0.29) is 11.3 Å². The summed E-state index contributed by atoms with van der Waals surface area (Å²) in [6.45, 7) is 4.59. The highest BCUT2D eigenvalue weighted by molar-refractivity contribution is 9.10. The third-order valence-corrected chi connectivity index (χ3v) is 5.27. The summed E-state index contributed by atoms with van der Waals surface area (Å²) < 4.78 is 2.66. The Hall–Kier alpha value is -0.950. The molecule has 1 amide bonds. The summed E-state index contributed by atoms with van der Waals surface area (Å²) in [6, 6.07) is 1.01. The quantitative estimate of drug-likeness (QED) is 0.896. The van der Waals surface area contributed by atoms with Crippen molar-refractivity contribution >= 4 is 39.6 Å². The number of aliphatic carboxylic acids is 1. The van der Waals surface area contributed by atoms with Gasteiger partial charge in [-0.1, -0.05) is 6.92 Å². The average Bonchev–Trinajstić information content (AvgIpc) is 3.00. The molecule has 1 aromatic heterocycles. The van der Waals surface area contributed by atoms with Crippen molar-refractivity contribution in [3.05, 3.63) is 22.4 Å². The summed E-state index contributed by atoms with van der Waals surface area (Å²) in [7, 11) is 0. The van der Waals surface area contributed by atoms with Gasteiger partial charge in [0.1, 0.15) is 11.7 Å². The highest BCUT2D eigenvalue weighted by Gasteiger charge is 2.41. The summed E-state index contributed by atoms with van der Waals surface area (Å²) in [5.74, 6) is -0.689. The number of aryl methyl sites for hydroxylation is 1. The first kappa shape index (κ1) is 15.4. The molecule has 0 bridgehead atoms. The fourth-order valence-corrected chi connectivity index (χ4v) is 4.20. The van der Waals surface area contributed by atoms with Crippen molar-refractivity contribution < 1.29 is 14.7 Å². The lowest BCUT2D eigenvalue weighted by molar-refractivity contribution is -0.141. The van der Waals surface area contributed by atoms with Crippen LogP contribution in [0.25, 0.3) is 0 Å². The largest absolute Gasteiger partial charge is 0.480 e. The van der Waals surface area contributed by atoms with Crippen LogP contribution in [0.5, 0.6) is 0 Å². The van der Waals surface area contributed by atoms with E-state index >= 15 is 0 Å². The predicted molar refractivity (Wildman–Crippen MR) is 81.9 cm³/mol. The summed E-state index contributed by atoms with van der Waals surface area (Å²) in [5.41, 5.74) is 0.534. The minimum atomic E-state index is -0.935. The number of hydrogen-bond donors (Lipinski definition) is 1. The summed E-state index contributed by atoms with van der Waals surface area (Å²) >= 11 is 4.90. The summed E-state index contributed by atoms with van der Waals surface area (Å²) in [6.07, 6.45) is 2.58. The molecule has 1 aliphatic heterocycles. The van der Waals surface area contributed by atoms with Crippen LogP contribution in [-0.4, -0.2) is 43.6 Å². The molecule has 1 aliphatic rings. The first-order chi connectivity index (χ1) is 9.49. The summed E-state index contributed by atoms with van der Waals surface area (Å²) in [5, 5.41) is 9.23. The monoisotopic (exact) mass is 360 g/mol. The van der Waals surface area contributed by atoms with E-state index in [1.165, 1.54) is 16.7 Å². The smallest absolute Gasteiger partial charge is 0.327 e. The van der Waals surface area contributed by atoms with Crippen LogP contribution in [-0.2, 0) is 11.3 Å². The zero-order chi connectivity index (χ0) is 14.9. The van der Waals surface area contributed by atoms with Crippen molar-refractivity contribution in [1.82, 2.24) is 9.47 Å². The van der Waals surface area contributed by atoms with Crippen molar-refractivity contribution in [2.24, 2.45) is 0 Å². The van der Waals surface area contributed by atoms with Gasteiger partial charge in [-0.25, -0.2) is 4.79 Å². The van der Waals surface area contributed by atoms with Crippen LogP contribution < -0.4 is 0 Å². The van der Waals surface area contributed by atoms with E-state index in [0.29, 0.717) is 18.0 Å². The van der Waals surface area contributed by atoms with Crippen molar-refractivity contribution in [3.8, 4) is 0 Å². The van der Waals surface area contributed by atoms with Gasteiger partial charge in [-0.15, -0.1) is 11.8 Å². The van der Waals surface area contributed by atoms with Gasteiger partial charge < -0.3 is 14.6 Å². The first-order valence-electron chi connectivity index (χ1n) is 6.52. The molecule has 1 aromatic rings. The normalized spacial score (nSPS) is 22.2. The fraction of sp³-hybridized carbons (Fsp3) is 0.538. The number of rotatable bonds is 4. The van der Waals surface area contributed by atoms with Crippen LogP contribution in [0.15, 0.2) is 16.7 Å². The number of amides is 1. The number of halogens is 1. The van der Waals surface area contributed by atoms with Crippen molar-refractivity contribution in [1.29, 1.82) is 0 Å². The topological polar surface area (TPSA) is 62.5 Å². The third-order valence-electron chi connectivity index (χ3n) is 3.38. The lowest BCUT2D eigenvalue weighted by Crippen LogP contribution is -2.46. The molecule has 2 unspecified atom stereocenters. The Bertz CT molecular complexity index is 532. The van der Waals surface area contributed by atoms with Gasteiger partial charge in [-0.3, -0.25) is 4.79 Å². The van der Waals surface area contributed by atoms with E-state index in [2.05, 4.69) is 15.9 Å². The number of carboxylic acid groups (broad SMARTS) is 1. The standard InChI is InChI=1S/C13H17BrN2O3S/c1-3-11-16(10(7-20-11)13(18)19)12(17)9-5-8(14)6-15(9)4-2/h5-6,10-11H,3-4,7H2,1-2H3,(H,18,19). The Balaban J connectivity index is 2.35. The molecule has 20 heavy (non-hydrogen) atoms. The minimum absolute atomic E-state index is 0.0671. The Labute approximate surface area is 130 Å². The molecule has 0 spiro atoms. The number of carbonyl (C=O) groups is 2. The molecular formula is C13H17BrN2O3S. The predicted octanol–water partition coefficient (Wildman–Crippen LogP) is 2.65. The molecule has 1 saturated heterocycles. The maximum atomic E-state index is 12.7. The highest BCUT2D eigenvalue weighted by atomic mass is 79.9. The first-order valence-corrected chi connectivity index (χ1v) is 8.36. The maximum Gasteiger partial charge on any atom is 0.327 e. The molecule has 7 heteroatoms. The Kier molecular flexibility index (Phi) is 4.80. The van der Waals surface area contributed by atoms with Crippen LogP contribution >= 0.6 is 27.7 Å². The molecule has 0 aliphatic carbocycles. The SMILES string of the molecule is CCC1SCC(C(=O)O)N1C(=O)c1cc(Br)cn1CC. The number of carboxylic acids is 1. The maximum absolute atomic E-state index is 12.7. The van der Waals surface area contributed by atoms with Crippen molar-refractivity contribution in [3.63, 3.8) is 0 Å². The van der Waals surface area contributed by atoms with Crippen LogP contribution in [0.2, 0.25) is 0 Å². The number of hydrogen-bond acceptors (Lipinski definition) is 3. The Morgan fingerprint density at radius 3 is 2.75 bits per heavy atom. The fourth-order valence-electron chi connectivity index (χ4n) is 2.39. The summed E-state index contributed by atoms with van der Waals surface area (Å²) in [4.78, 5) is 25.6. The molecular weight excluding hydrogens is 344 g/mol. The molecule has 2 atom stereocenters. The second-order valence-corrected chi connectivity index (χ2v) is 6.72. The van der Waals surface area contributed by atoms with Gasteiger partial charge in [0.25, 0.3) is 5.91 Å². The van der Waals surface area contributed by atoms with E-state index in [4.69, 9.17) is 0 Å². The zero-order valence-corrected chi connectivity index (χ0v) is 13.8. The Morgan fingerprint density at radius 2 is 2.20 bits per heavy atom. The Morgan fingerprint density at radius 1 is 1.50 bits per heavy atom. The molecule has 1 fully saturated rings. The van der Waals surface area contributed by atoms with E-state index in [0.717, 1.165) is 10.9 Å². The number of aromatic nitrogens is 1. The van der Waals surface area contributed by atoms with Gasteiger partial charge in [0.05, 0.1) is 5.37 Å². The zero-order valence-electron chi connectivity index (χ0n) is 11.4. The van der Waals surface area contributed by atoms with Crippen LogP contribution in [0.3, 0.4) is 0 Å². The average molecular weight is 361 g/mol. The lowest BCUT2D eigenvalue weighted by Gasteiger charge is -2.27. The molecule has 5 nitrogen and oxygen atoms in total.